The highest BCUT2D eigenvalue weighted by Crippen LogP contribution is 2.17. The van der Waals surface area contributed by atoms with Gasteiger partial charge in [-0.3, -0.25) is 9.36 Å². The minimum atomic E-state index is -0.163. The van der Waals surface area contributed by atoms with Crippen molar-refractivity contribution in [2.75, 3.05) is 5.32 Å². The third-order valence-corrected chi connectivity index (χ3v) is 5.23. The molecule has 3 aromatic carbocycles. The Balaban J connectivity index is 1.66. The van der Waals surface area contributed by atoms with E-state index in [-0.39, 0.29) is 12.5 Å². The van der Waals surface area contributed by atoms with E-state index in [0.717, 1.165) is 28.3 Å². The Labute approximate surface area is 180 Å². The molecule has 1 N–H and O–H groups in total. The predicted octanol–water partition coefficient (Wildman–Crippen LogP) is 4.94. The van der Waals surface area contributed by atoms with E-state index in [9.17, 15) is 4.79 Å². The van der Waals surface area contributed by atoms with Crippen molar-refractivity contribution in [1.29, 1.82) is 0 Å². The molecule has 0 spiro atoms. The minimum absolute atomic E-state index is 0.0504. The van der Waals surface area contributed by atoms with Crippen molar-refractivity contribution in [3.05, 3.63) is 107 Å². The summed E-state index contributed by atoms with van der Waals surface area (Å²) < 4.78 is 4.02. The van der Waals surface area contributed by atoms with Crippen LogP contribution in [0.3, 0.4) is 0 Å². The van der Waals surface area contributed by atoms with Gasteiger partial charge in [0, 0.05) is 17.8 Å². The maximum Gasteiger partial charge on any atom is 0.246 e. The first-order valence-electron chi connectivity index (χ1n) is 9.75. The van der Waals surface area contributed by atoms with Gasteiger partial charge in [-0.05, 0) is 48.5 Å². The number of para-hydroxylation sites is 2. The summed E-state index contributed by atoms with van der Waals surface area (Å²) in [5.41, 5.74) is 3.86. The molecule has 0 unspecified atom stereocenters. The number of aromatic nitrogens is 3. The second-order valence-electron chi connectivity index (χ2n) is 7.05. The lowest BCUT2D eigenvalue weighted by atomic mass is 10.1. The van der Waals surface area contributed by atoms with Crippen molar-refractivity contribution >= 4 is 23.8 Å². The van der Waals surface area contributed by atoms with E-state index in [0.29, 0.717) is 11.2 Å². The van der Waals surface area contributed by atoms with Crippen LogP contribution in [0.1, 0.15) is 17.0 Å². The van der Waals surface area contributed by atoms with Gasteiger partial charge >= 0.3 is 0 Å². The number of carbonyl (C=O) groups is 1. The molecule has 0 saturated heterocycles. The van der Waals surface area contributed by atoms with Gasteiger partial charge in [0.15, 0.2) is 0 Å². The highest BCUT2D eigenvalue weighted by Gasteiger charge is 2.15. The Morgan fingerprint density at radius 2 is 1.57 bits per heavy atom. The van der Waals surface area contributed by atoms with Crippen LogP contribution >= 0.6 is 12.2 Å². The molecule has 1 heterocycles. The lowest BCUT2D eigenvalue weighted by Crippen LogP contribution is -2.20. The van der Waals surface area contributed by atoms with Crippen LogP contribution in [0, 0.1) is 11.7 Å². The summed E-state index contributed by atoms with van der Waals surface area (Å²) >= 11 is 5.70. The molecule has 0 aliphatic heterocycles. The molecule has 0 saturated carbocycles. The number of nitrogens with zero attached hydrogens (tertiary/aromatic N) is 3. The number of benzene rings is 3. The van der Waals surface area contributed by atoms with Crippen LogP contribution in [0.15, 0.2) is 84.9 Å². The van der Waals surface area contributed by atoms with E-state index < -0.39 is 0 Å². The van der Waals surface area contributed by atoms with Crippen LogP contribution in [0.2, 0.25) is 0 Å². The van der Waals surface area contributed by atoms with E-state index >= 15 is 0 Å². The van der Waals surface area contributed by atoms with Gasteiger partial charge in [-0.2, -0.15) is 5.10 Å². The second kappa shape index (κ2) is 8.88. The summed E-state index contributed by atoms with van der Waals surface area (Å²) in [6.45, 7) is 2.01. The fourth-order valence-corrected chi connectivity index (χ4v) is 3.64. The second-order valence-corrected chi connectivity index (χ2v) is 7.42. The molecule has 30 heavy (non-hydrogen) atoms. The summed E-state index contributed by atoms with van der Waals surface area (Å²) in [6.07, 6.45) is 0.617. The molecule has 0 radical (unpaired) electrons. The zero-order valence-corrected chi connectivity index (χ0v) is 17.5. The van der Waals surface area contributed by atoms with E-state index in [2.05, 4.69) is 17.4 Å². The third-order valence-electron chi connectivity index (χ3n) is 4.84. The summed E-state index contributed by atoms with van der Waals surface area (Å²) in [4.78, 5) is 12.7. The first-order chi connectivity index (χ1) is 14.6. The molecular formula is C24H22N4OS. The van der Waals surface area contributed by atoms with Crippen molar-refractivity contribution in [3.63, 3.8) is 0 Å². The molecule has 5 nitrogen and oxygen atoms in total. The van der Waals surface area contributed by atoms with Crippen molar-refractivity contribution in [2.45, 2.75) is 19.9 Å². The highest BCUT2D eigenvalue weighted by atomic mass is 32.1. The maximum atomic E-state index is 12.7. The van der Waals surface area contributed by atoms with Gasteiger partial charge in [-0.25, -0.2) is 4.68 Å². The van der Waals surface area contributed by atoms with Crippen LogP contribution in [0.4, 0.5) is 5.69 Å². The third kappa shape index (κ3) is 4.39. The van der Waals surface area contributed by atoms with Crippen molar-refractivity contribution in [2.24, 2.45) is 0 Å². The molecular weight excluding hydrogens is 392 g/mol. The molecule has 4 aromatic rings. The summed E-state index contributed by atoms with van der Waals surface area (Å²) in [7, 11) is 0. The normalized spacial score (nSPS) is 10.7. The topological polar surface area (TPSA) is 51.9 Å². The molecule has 0 aliphatic carbocycles. The Morgan fingerprint density at radius 1 is 0.933 bits per heavy atom. The van der Waals surface area contributed by atoms with Gasteiger partial charge in [-0.15, -0.1) is 0 Å². The van der Waals surface area contributed by atoms with Gasteiger partial charge in [0.1, 0.15) is 12.4 Å². The van der Waals surface area contributed by atoms with Gasteiger partial charge in [-0.1, -0.05) is 66.7 Å². The Hall–Kier alpha value is -3.51. The number of hydrogen-bond acceptors (Lipinski definition) is 3. The minimum Gasteiger partial charge on any atom is -0.324 e. The van der Waals surface area contributed by atoms with Crippen LogP contribution in [0.25, 0.3) is 5.69 Å². The number of hydrogen-bond donors (Lipinski definition) is 1. The van der Waals surface area contributed by atoms with E-state index in [1.807, 2.05) is 84.3 Å². The summed E-state index contributed by atoms with van der Waals surface area (Å²) in [5.74, 6) is 0.630. The lowest BCUT2D eigenvalue weighted by Gasteiger charge is -2.08. The van der Waals surface area contributed by atoms with E-state index in [1.54, 1.807) is 4.68 Å². The average Bonchev–Trinajstić information content (AvgIpc) is 3.05. The monoisotopic (exact) mass is 414 g/mol. The number of amides is 1. The zero-order valence-electron chi connectivity index (χ0n) is 16.7. The smallest absolute Gasteiger partial charge is 0.246 e. The first-order valence-corrected chi connectivity index (χ1v) is 10.2. The van der Waals surface area contributed by atoms with Crippen molar-refractivity contribution in [1.82, 2.24) is 14.3 Å². The molecule has 1 amide bonds. The SMILES string of the molecule is Cc1ccccc1NC(=O)Cn1nc(Cc2ccccc2)n(-c2ccccc2)c1=S. The fraction of sp³-hybridized carbons (Fsp3) is 0.125. The van der Waals surface area contributed by atoms with Gasteiger partial charge in [0.2, 0.25) is 10.7 Å². The van der Waals surface area contributed by atoms with Gasteiger partial charge in [0.25, 0.3) is 0 Å². The quantitative estimate of drug-likeness (QED) is 0.455. The van der Waals surface area contributed by atoms with E-state index in [1.165, 1.54) is 0 Å². The Kier molecular flexibility index (Phi) is 5.86. The number of anilines is 1. The molecule has 0 atom stereocenters. The van der Waals surface area contributed by atoms with Crippen LogP contribution in [-0.2, 0) is 17.8 Å². The average molecular weight is 415 g/mol. The molecule has 4 rings (SSSR count). The lowest BCUT2D eigenvalue weighted by molar-refractivity contribution is -0.116. The van der Waals surface area contributed by atoms with Crippen molar-refractivity contribution in [3.8, 4) is 5.69 Å². The summed E-state index contributed by atoms with van der Waals surface area (Å²) in [5, 5.41) is 7.65. The fourth-order valence-electron chi connectivity index (χ4n) is 3.32. The van der Waals surface area contributed by atoms with E-state index in [4.69, 9.17) is 17.3 Å². The maximum absolute atomic E-state index is 12.7. The number of aryl methyl sites for hydroxylation is 1. The molecule has 0 aliphatic rings. The number of carbonyl (C=O) groups excluding carboxylic acids is 1. The Morgan fingerprint density at radius 3 is 2.27 bits per heavy atom. The van der Waals surface area contributed by atoms with Crippen molar-refractivity contribution < 1.29 is 4.79 Å². The number of nitrogens with one attached hydrogen (secondary N) is 1. The number of rotatable bonds is 6. The molecule has 0 bridgehead atoms. The predicted molar refractivity (Wildman–Crippen MR) is 121 cm³/mol. The van der Waals surface area contributed by atoms with Gasteiger partial charge in [0.05, 0.1) is 0 Å². The Bertz CT molecular complexity index is 1210. The molecule has 1 aromatic heterocycles. The van der Waals surface area contributed by atoms with Crippen LogP contribution in [0.5, 0.6) is 0 Å². The van der Waals surface area contributed by atoms with Gasteiger partial charge < -0.3 is 5.32 Å². The molecule has 0 fully saturated rings. The highest BCUT2D eigenvalue weighted by molar-refractivity contribution is 7.71. The molecule has 6 heteroatoms. The van der Waals surface area contributed by atoms with Crippen LogP contribution < -0.4 is 5.32 Å². The largest absolute Gasteiger partial charge is 0.324 e. The zero-order chi connectivity index (χ0) is 20.9. The first kappa shape index (κ1) is 19.8. The van der Waals surface area contributed by atoms with Crippen LogP contribution in [-0.4, -0.2) is 20.3 Å². The molecule has 150 valence electrons. The summed E-state index contributed by atoms with van der Waals surface area (Å²) in [6, 6.07) is 27.7. The standard InChI is InChI=1S/C24H22N4OS/c1-18-10-8-9-15-21(18)25-23(29)17-27-24(30)28(20-13-6-3-7-14-20)22(26-27)16-19-11-4-2-5-12-19/h2-15H,16-17H2,1H3,(H,25,29).